The molecule has 0 spiro atoms. The maximum Gasteiger partial charge on any atom is 0.252 e. The van der Waals surface area contributed by atoms with Gasteiger partial charge in [-0.2, -0.15) is 5.10 Å². The van der Waals surface area contributed by atoms with Crippen LogP contribution in [0.1, 0.15) is 47.4 Å². The van der Waals surface area contributed by atoms with Gasteiger partial charge in [0.2, 0.25) is 0 Å². The number of fused-ring (bicyclic) bond motifs is 1. The number of benzene rings is 2. The largest absolute Gasteiger partial charge is 0.391 e. The van der Waals surface area contributed by atoms with Crippen LogP contribution in [0, 0.1) is 0 Å². The van der Waals surface area contributed by atoms with E-state index in [-0.39, 0.29) is 11.9 Å². The number of rotatable bonds is 6. The number of H-pyrrole nitrogens is 1. The summed E-state index contributed by atoms with van der Waals surface area (Å²) >= 11 is 1.54. The van der Waals surface area contributed by atoms with Gasteiger partial charge < -0.3 is 10.4 Å². The number of aliphatic hydroxyl groups excluding tert-OH is 1. The highest BCUT2D eigenvalue weighted by Crippen LogP contribution is 2.33. The Bertz CT molecular complexity index is 1320. The molecule has 0 aliphatic heterocycles. The van der Waals surface area contributed by atoms with Crippen molar-refractivity contribution < 1.29 is 9.90 Å². The molecule has 1 amide bonds. The molecule has 4 aromatic rings. The molecule has 0 bridgehead atoms. The molecule has 1 aliphatic carbocycles. The van der Waals surface area contributed by atoms with Crippen molar-refractivity contribution in [3.05, 3.63) is 83.8 Å². The zero-order chi connectivity index (χ0) is 23.3. The molecule has 34 heavy (non-hydrogen) atoms. The fourth-order valence-electron chi connectivity index (χ4n) is 4.25. The maximum absolute atomic E-state index is 13.0. The van der Waals surface area contributed by atoms with Crippen molar-refractivity contribution in [3.63, 3.8) is 0 Å². The van der Waals surface area contributed by atoms with Gasteiger partial charge in [-0.3, -0.25) is 14.9 Å². The van der Waals surface area contributed by atoms with Gasteiger partial charge in [-0.05, 0) is 67.5 Å². The monoisotopic (exact) mass is 470 g/mol. The van der Waals surface area contributed by atoms with Crippen molar-refractivity contribution in [2.45, 2.75) is 47.6 Å². The van der Waals surface area contributed by atoms with E-state index in [0.717, 1.165) is 57.8 Å². The van der Waals surface area contributed by atoms with Gasteiger partial charge in [0, 0.05) is 21.4 Å². The standard InChI is InChI=1S/C27H26N4O2S/c32-25-10-3-2-9-23(25)29-27(33)21-8-1-4-11-26(21)34-19-13-14-20-22(30-31-24(20)17-19)15-12-18-7-5-6-16-28-18/h1,4-8,11-17,23,25,32H,2-3,9-10H2,(H,29,33)(H,30,31)/b15-12+. The minimum absolute atomic E-state index is 0.140. The lowest BCUT2D eigenvalue weighted by Crippen LogP contribution is -2.45. The number of hydrogen-bond donors (Lipinski definition) is 3. The Labute approximate surface area is 202 Å². The molecule has 2 aromatic heterocycles. The first-order valence-electron chi connectivity index (χ1n) is 11.5. The lowest BCUT2D eigenvalue weighted by atomic mass is 9.92. The van der Waals surface area contributed by atoms with Crippen LogP contribution in [0.2, 0.25) is 0 Å². The van der Waals surface area contributed by atoms with Crippen molar-refractivity contribution in [2.24, 2.45) is 0 Å². The molecule has 172 valence electrons. The van der Waals surface area contributed by atoms with Crippen LogP contribution in [-0.2, 0) is 0 Å². The first-order valence-corrected chi connectivity index (χ1v) is 12.3. The van der Waals surface area contributed by atoms with Crippen LogP contribution < -0.4 is 5.32 Å². The number of nitrogens with zero attached hydrogens (tertiary/aromatic N) is 2. The number of carbonyl (C=O) groups excluding carboxylic acids is 1. The van der Waals surface area contributed by atoms with E-state index >= 15 is 0 Å². The number of carbonyl (C=O) groups is 1. The molecule has 2 heterocycles. The SMILES string of the molecule is O=C(NC1CCCCC1O)c1ccccc1Sc1ccc2c(/C=C/c3ccccn3)n[nH]c2c1. The van der Waals surface area contributed by atoms with Gasteiger partial charge in [0.25, 0.3) is 5.91 Å². The predicted octanol–water partition coefficient (Wildman–Crippen LogP) is 5.31. The van der Waals surface area contributed by atoms with Gasteiger partial charge in [0.1, 0.15) is 0 Å². The summed E-state index contributed by atoms with van der Waals surface area (Å²) in [7, 11) is 0. The Morgan fingerprint density at radius 2 is 1.91 bits per heavy atom. The van der Waals surface area contributed by atoms with Crippen LogP contribution in [0.25, 0.3) is 23.1 Å². The van der Waals surface area contributed by atoms with Crippen molar-refractivity contribution in [1.29, 1.82) is 0 Å². The molecule has 0 radical (unpaired) electrons. The average molecular weight is 471 g/mol. The molecule has 1 saturated carbocycles. The first-order chi connectivity index (χ1) is 16.7. The zero-order valence-electron chi connectivity index (χ0n) is 18.6. The third-order valence-corrected chi connectivity index (χ3v) is 7.13. The van der Waals surface area contributed by atoms with Gasteiger partial charge in [0.15, 0.2) is 0 Å². The van der Waals surface area contributed by atoms with E-state index in [9.17, 15) is 9.90 Å². The highest BCUT2D eigenvalue weighted by atomic mass is 32.2. The summed E-state index contributed by atoms with van der Waals surface area (Å²) in [4.78, 5) is 19.2. The molecular formula is C27H26N4O2S. The summed E-state index contributed by atoms with van der Waals surface area (Å²) in [6, 6.07) is 19.3. The molecule has 1 aliphatic rings. The third-order valence-electron chi connectivity index (χ3n) is 6.07. The average Bonchev–Trinajstić information content (AvgIpc) is 3.27. The van der Waals surface area contributed by atoms with Crippen LogP contribution in [-0.4, -0.2) is 38.3 Å². The van der Waals surface area contributed by atoms with E-state index < -0.39 is 6.10 Å². The molecule has 2 unspecified atom stereocenters. The number of nitrogens with one attached hydrogen (secondary N) is 2. The number of pyridine rings is 1. The van der Waals surface area contributed by atoms with Gasteiger partial charge in [0.05, 0.1) is 34.6 Å². The molecule has 1 fully saturated rings. The second-order valence-corrected chi connectivity index (χ2v) is 9.55. The Balaban J connectivity index is 1.33. The number of aromatic nitrogens is 3. The fraction of sp³-hybridized carbons (Fsp3) is 0.222. The summed E-state index contributed by atoms with van der Waals surface area (Å²) < 4.78 is 0. The normalized spacial score (nSPS) is 18.4. The Kier molecular flexibility index (Phi) is 6.74. The van der Waals surface area contributed by atoms with E-state index in [4.69, 9.17) is 0 Å². The molecule has 3 N–H and O–H groups in total. The van der Waals surface area contributed by atoms with Crippen LogP contribution in [0.5, 0.6) is 0 Å². The van der Waals surface area contributed by atoms with Gasteiger partial charge >= 0.3 is 0 Å². The summed E-state index contributed by atoms with van der Waals surface area (Å²) in [6.45, 7) is 0. The fourth-order valence-corrected chi connectivity index (χ4v) is 5.23. The smallest absolute Gasteiger partial charge is 0.252 e. The van der Waals surface area contributed by atoms with Crippen LogP contribution >= 0.6 is 11.8 Å². The third kappa shape index (κ3) is 5.05. The summed E-state index contributed by atoms with van der Waals surface area (Å²) in [6.07, 6.45) is 8.78. The van der Waals surface area contributed by atoms with E-state index in [1.54, 1.807) is 18.0 Å². The summed E-state index contributed by atoms with van der Waals surface area (Å²) in [5.74, 6) is -0.140. The number of hydrogen-bond acceptors (Lipinski definition) is 5. The number of aromatic amines is 1. The predicted molar refractivity (Wildman–Crippen MR) is 136 cm³/mol. The van der Waals surface area contributed by atoms with Crippen LogP contribution in [0.15, 0.2) is 76.7 Å². The molecule has 2 aromatic carbocycles. The minimum atomic E-state index is -0.471. The molecule has 6 nitrogen and oxygen atoms in total. The highest BCUT2D eigenvalue weighted by Gasteiger charge is 2.25. The van der Waals surface area contributed by atoms with Gasteiger partial charge in [-0.1, -0.05) is 42.8 Å². The van der Waals surface area contributed by atoms with Crippen LogP contribution in [0.3, 0.4) is 0 Å². The number of amides is 1. The summed E-state index contributed by atoms with van der Waals surface area (Å²) in [5.41, 5.74) is 3.27. The molecule has 5 rings (SSSR count). The lowest BCUT2D eigenvalue weighted by molar-refractivity contribution is 0.0715. The Morgan fingerprint density at radius 3 is 2.76 bits per heavy atom. The molecule has 7 heteroatoms. The lowest BCUT2D eigenvalue weighted by Gasteiger charge is -2.28. The maximum atomic E-state index is 13.0. The van der Waals surface area contributed by atoms with Gasteiger partial charge in [-0.25, -0.2) is 0 Å². The Hall–Kier alpha value is -3.42. The van der Waals surface area contributed by atoms with E-state index in [1.165, 1.54) is 0 Å². The molecule has 2 atom stereocenters. The van der Waals surface area contributed by atoms with Crippen molar-refractivity contribution in [2.75, 3.05) is 0 Å². The van der Waals surface area contributed by atoms with E-state index in [2.05, 4.69) is 20.5 Å². The second-order valence-electron chi connectivity index (χ2n) is 8.43. The van der Waals surface area contributed by atoms with Crippen LogP contribution in [0.4, 0.5) is 0 Å². The van der Waals surface area contributed by atoms with Crippen molar-refractivity contribution in [1.82, 2.24) is 20.5 Å². The highest BCUT2D eigenvalue weighted by molar-refractivity contribution is 7.99. The Morgan fingerprint density at radius 1 is 1.06 bits per heavy atom. The minimum Gasteiger partial charge on any atom is -0.391 e. The summed E-state index contributed by atoms with van der Waals surface area (Å²) in [5, 5.41) is 21.8. The van der Waals surface area contributed by atoms with Crippen molar-refractivity contribution >= 4 is 40.7 Å². The zero-order valence-corrected chi connectivity index (χ0v) is 19.5. The van der Waals surface area contributed by atoms with E-state index in [1.807, 2.05) is 72.8 Å². The van der Waals surface area contributed by atoms with E-state index in [0.29, 0.717) is 5.56 Å². The van der Waals surface area contributed by atoms with Crippen molar-refractivity contribution in [3.8, 4) is 0 Å². The second kappa shape index (κ2) is 10.2. The topological polar surface area (TPSA) is 90.9 Å². The quantitative estimate of drug-likeness (QED) is 0.355. The van der Waals surface area contributed by atoms with Gasteiger partial charge in [-0.15, -0.1) is 0 Å². The first kappa shape index (κ1) is 22.4. The molecular weight excluding hydrogens is 444 g/mol. The number of aliphatic hydroxyl groups is 1. The molecule has 0 saturated heterocycles.